The van der Waals surface area contributed by atoms with E-state index in [1.54, 1.807) is 25.3 Å². The maximum absolute atomic E-state index is 11.8. The van der Waals surface area contributed by atoms with Crippen LogP contribution in [0.3, 0.4) is 0 Å². The highest BCUT2D eigenvalue weighted by atomic mass is 32.2. The Balaban J connectivity index is 2.04. The fraction of sp³-hybridized carbons (Fsp3) is 0.647. The van der Waals surface area contributed by atoms with Crippen molar-refractivity contribution in [2.45, 2.75) is 37.0 Å². The normalized spacial score (nSPS) is 15.7. The number of nitrogens with one attached hydrogen (secondary N) is 1. The van der Waals surface area contributed by atoms with E-state index >= 15 is 0 Å². The molecule has 1 aliphatic rings. The molecular formula is C17H27NO4S. The first kappa shape index (κ1) is 18.1. The van der Waals surface area contributed by atoms with E-state index in [9.17, 15) is 8.42 Å². The Kier molecular flexibility index (Phi) is 6.72. The van der Waals surface area contributed by atoms with Gasteiger partial charge < -0.3 is 14.8 Å². The number of methoxy groups -OCH3 is 1. The topological polar surface area (TPSA) is 64.6 Å². The van der Waals surface area contributed by atoms with Crippen LogP contribution in [0.1, 0.15) is 32.1 Å². The maximum Gasteiger partial charge on any atom is 0.175 e. The van der Waals surface area contributed by atoms with Crippen LogP contribution in [0.2, 0.25) is 0 Å². The summed E-state index contributed by atoms with van der Waals surface area (Å²) in [4.78, 5) is 0.306. The molecule has 1 aliphatic carbocycles. The van der Waals surface area contributed by atoms with Crippen LogP contribution in [0, 0.1) is 5.92 Å². The summed E-state index contributed by atoms with van der Waals surface area (Å²) in [7, 11) is -1.61. The molecule has 0 amide bonds. The quantitative estimate of drug-likeness (QED) is 0.699. The number of benzene rings is 1. The summed E-state index contributed by atoms with van der Waals surface area (Å²) in [6.07, 6.45) is 7.61. The van der Waals surface area contributed by atoms with E-state index in [-0.39, 0.29) is 0 Å². The zero-order chi connectivity index (χ0) is 16.7. The summed E-state index contributed by atoms with van der Waals surface area (Å²) in [5.74, 6) is 1.46. The summed E-state index contributed by atoms with van der Waals surface area (Å²) >= 11 is 0. The number of anilines is 1. The van der Waals surface area contributed by atoms with Gasteiger partial charge in [-0.25, -0.2) is 8.42 Å². The molecule has 130 valence electrons. The first-order chi connectivity index (χ1) is 11.0. The molecule has 0 aliphatic heterocycles. The van der Waals surface area contributed by atoms with Gasteiger partial charge in [-0.2, -0.15) is 0 Å². The third kappa shape index (κ3) is 5.70. The monoisotopic (exact) mass is 341 g/mol. The number of hydrogen-bond donors (Lipinski definition) is 1. The van der Waals surface area contributed by atoms with Gasteiger partial charge in [-0.15, -0.1) is 0 Å². The zero-order valence-electron chi connectivity index (χ0n) is 14.0. The Morgan fingerprint density at radius 2 is 1.96 bits per heavy atom. The van der Waals surface area contributed by atoms with Crippen LogP contribution >= 0.6 is 0 Å². The van der Waals surface area contributed by atoms with E-state index in [4.69, 9.17) is 9.47 Å². The smallest absolute Gasteiger partial charge is 0.175 e. The molecule has 6 heteroatoms. The standard InChI is InChI=1S/C17H27NO4S/c1-21-11-12-22-17-8-7-15(23(2,19)20)13-16(17)18-10-9-14-5-3-4-6-14/h7-8,13-14,18H,3-6,9-12H2,1-2H3. The summed E-state index contributed by atoms with van der Waals surface area (Å²) in [5, 5.41) is 3.35. The Morgan fingerprint density at radius 3 is 2.61 bits per heavy atom. The number of rotatable bonds is 9. The predicted molar refractivity (Wildman–Crippen MR) is 92.0 cm³/mol. The van der Waals surface area contributed by atoms with Crippen molar-refractivity contribution in [3.8, 4) is 5.75 Å². The molecule has 0 radical (unpaired) electrons. The van der Waals surface area contributed by atoms with Crippen LogP contribution in [0.25, 0.3) is 0 Å². The number of hydrogen-bond acceptors (Lipinski definition) is 5. The molecule has 1 N–H and O–H groups in total. The Morgan fingerprint density at radius 1 is 1.22 bits per heavy atom. The lowest BCUT2D eigenvalue weighted by molar-refractivity contribution is 0.146. The Labute approximate surface area is 139 Å². The van der Waals surface area contributed by atoms with Gasteiger partial charge in [-0.05, 0) is 30.5 Å². The summed E-state index contributed by atoms with van der Waals surface area (Å²) in [5.41, 5.74) is 0.738. The molecule has 1 aromatic carbocycles. The van der Waals surface area contributed by atoms with Gasteiger partial charge in [-0.3, -0.25) is 0 Å². The lowest BCUT2D eigenvalue weighted by Crippen LogP contribution is -2.11. The minimum atomic E-state index is -3.23. The maximum atomic E-state index is 11.8. The third-order valence-corrected chi connectivity index (χ3v) is 5.38. The van der Waals surface area contributed by atoms with Crippen LogP contribution in [-0.2, 0) is 14.6 Å². The van der Waals surface area contributed by atoms with Gasteiger partial charge in [0, 0.05) is 19.9 Å². The summed E-state index contributed by atoms with van der Waals surface area (Å²) in [6, 6.07) is 4.95. The fourth-order valence-corrected chi connectivity index (χ4v) is 3.60. The van der Waals surface area contributed by atoms with E-state index in [2.05, 4.69) is 5.32 Å². The molecule has 0 spiro atoms. The SMILES string of the molecule is COCCOc1ccc(S(C)(=O)=O)cc1NCCC1CCCC1. The molecule has 1 aromatic rings. The minimum Gasteiger partial charge on any atom is -0.489 e. The molecule has 0 aromatic heterocycles. The highest BCUT2D eigenvalue weighted by Gasteiger charge is 2.15. The summed E-state index contributed by atoms with van der Waals surface area (Å²) in [6.45, 7) is 1.76. The molecule has 0 heterocycles. The van der Waals surface area contributed by atoms with Gasteiger partial charge in [0.1, 0.15) is 12.4 Å². The second-order valence-corrected chi connectivity index (χ2v) is 8.15. The van der Waals surface area contributed by atoms with Gasteiger partial charge in [0.25, 0.3) is 0 Å². The van der Waals surface area contributed by atoms with E-state index in [0.717, 1.165) is 24.6 Å². The largest absolute Gasteiger partial charge is 0.489 e. The molecule has 0 atom stereocenters. The molecule has 0 unspecified atom stereocenters. The molecule has 1 saturated carbocycles. The first-order valence-corrected chi connectivity index (χ1v) is 10.1. The molecule has 5 nitrogen and oxygen atoms in total. The van der Waals surface area contributed by atoms with Crippen LogP contribution < -0.4 is 10.1 Å². The van der Waals surface area contributed by atoms with Crippen LogP contribution in [-0.4, -0.2) is 41.5 Å². The molecule has 2 rings (SSSR count). The zero-order valence-corrected chi connectivity index (χ0v) is 14.8. The van der Waals surface area contributed by atoms with Crippen molar-refractivity contribution in [2.24, 2.45) is 5.92 Å². The van der Waals surface area contributed by atoms with Crippen molar-refractivity contribution in [3.05, 3.63) is 18.2 Å². The molecule has 23 heavy (non-hydrogen) atoms. The van der Waals surface area contributed by atoms with Crippen molar-refractivity contribution in [3.63, 3.8) is 0 Å². The molecule has 1 fully saturated rings. The Bertz CT molecular complexity index is 595. The lowest BCUT2D eigenvalue weighted by atomic mass is 10.0. The number of sulfone groups is 1. The number of ether oxygens (including phenoxy) is 2. The van der Waals surface area contributed by atoms with Crippen molar-refractivity contribution >= 4 is 15.5 Å². The van der Waals surface area contributed by atoms with Gasteiger partial charge in [-0.1, -0.05) is 25.7 Å². The fourth-order valence-electron chi connectivity index (χ4n) is 2.95. The van der Waals surface area contributed by atoms with E-state index < -0.39 is 9.84 Å². The van der Waals surface area contributed by atoms with Crippen molar-refractivity contribution < 1.29 is 17.9 Å². The van der Waals surface area contributed by atoms with Crippen molar-refractivity contribution in [2.75, 3.05) is 38.4 Å². The van der Waals surface area contributed by atoms with Crippen molar-refractivity contribution in [1.82, 2.24) is 0 Å². The average molecular weight is 341 g/mol. The molecular weight excluding hydrogens is 314 g/mol. The lowest BCUT2D eigenvalue weighted by Gasteiger charge is -2.16. The second kappa shape index (κ2) is 8.55. The Hall–Kier alpha value is -1.27. The van der Waals surface area contributed by atoms with E-state index in [0.29, 0.717) is 23.9 Å². The van der Waals surface area contributed by atoms with E-state index in [1.807, 2.05) is 0 Å². The highest BCUT2D eigenvalue weighted by Crippen LogP contribution is 2.30. The van der Waals surface area contributed by atoms with Gasteiger partial charge in [0.15, 0.2) is 9.84 Å². The van der Waals surface area contributed by atoms with Crippen LogP contribution in [0.5, 0.6) is 5.75 Å². The molecule has 0 bridgehead atoms. The van der Waals surface area contributed by atoms with Gasteiger partial charge in [0.2, 0.25) is 0 Å². The second-order valence-electron chi connectivity index (χ2n) is 6.14. The van der Waals surface area contributed by atoms with Crippen LogP contribution in [0.4, 0.5) is 5.69 Å². The van der Waals surface area contributed by atoms with Crippen molar-refractivity contribution in [1.29, 1.82) is 0 Å². The van der Waals surface area contributed by atoms with Crippen LogP contribution in [0.15, 0.2) is 23.1 Å². The van der Waals surface area contributed by atoms with E-state index in [1.165, 1.54) is 31.9 Å². The predicted octanol–water partition coefficient (Wildman–Crippen LogP) is 3.11. The first-order valence-electron chi connectivity index (χ1n) is 8.20. The minimum absolute atomic E-state index is 0.306. The average Bonchev–Trinajstić information content (AvgIpc) is 3.01. The summed E-state index contributed by atoms with van der Waals surface area (Å²) < 4.78 is 34.2. The van der Waals surface area contributed by atoms with Gasteiger partial charge >= 0.3 is 0 Å². The molecule has 0 saturated heterocycles. The van der Waals surface area contributed by atoms with Gasteiger partial charge in [0.05, 0.1) is 17.2 Å². The highest BCUT2D eigenvalue weighted by molar-refractivity contribution is 7.90. The third-order valence-electron chi connectivity index (χ3n) is 4.27.